The maximum absolute atomic E-state index is 15.6. The normalized spacial score (nSPS) is 38.8. The van der Waals surface area contributed by atoms with Gasteiger partial charge in [-0.2, -0.15) is 0 Å². The van der Waals surface area contributed by atoms with Gasteiger partial charge < -0.3 is 44.2 Å². The van der Waals surface area contributed by atoms with Gasteiger partial charge in [-0.05, 0) is 18.2 Å². The number of aliphatic hydroxyl groups excluding tert-OH is 4. The zero-order chi connectivity index (χ0) is 26.3. The molecule has 2 aliphatic heterocycles. The smallest absolute Gasteiger partial charge is 0.387 e. The van der Waals surface area contributed by atoms with Crippen molar-refractivity contribution in [1.29, 1.82) is 0 Å². The zero-order valence-corrected chi connectivity index (χ0v) is 20.3. The Labute approximate surface area is 200 Å². The lowest BCUT2D eigenvalue weighted by atomic mass is 9.93. The van der Waals surface area contributed by atoms with E-state index in [9.17, 15) is 44.4 Å². The summed E-state index contributed by atoms with van der Waals surface area (Å²) in [5.41, 5.74) is -4.33. The number of rotatable bonds is 9. The minimum absolute atomic E-state index is 0.355. The van der Waals surface area contributed by atoms with E-state index in [1.165, 1.54) is 6.92 Å². The van der Waals surface area contributed by atoms with Crippen LogP contribution in [0.15, 0.2) is 21.9 Å². The number of halogens is 1. The van der Waals surface area contributed by atoms with E-state index in [1.807, 2.05) is 4.98 Å². The molecule has 1 aromatic rings. The van der Waals surface area contributed by atoms with Gasteiger partial charge in [0.1, 0.15) is 24.4 Å². The Morgan fingerprint density at radius 3 is 2.43 bits per heavy atom. The maximum Gasteiger partial charge on any atom is 0.481 e. The largest absolute Gasteiger partial charge is 0.481 e. The number of nitrogens with zero attached hydrogens (tertiary/aromatic N) is 1. The molecule has 6 unspecified atom stereocenters. The van der Waals surface area contributed by atoms with Gasteiger partial charge in [-0.15, -0.1) is 0 Å². The quantitative estimate of drug-likeness (QED) is 0.155. The second-order valence-corrected chi connectivity index (χ2v) is 11.9. The highest BCUT2D eigenvalue weighted by Crippen LogP contribution is 2.62. The van der Waals surface area contributed by atoms with Crippen LogP contribution in [0.5, 0.6) is 0 Å². The minimum Gasteiger partial charge on any atom is -0.387 e. The second kappa shape index (κ2) is 10.4. The number of aliphatic hydroxyl groups is 4. The van der Waals surface area contributed by atoms with Gasteiger partial charge in [-0.25, -0.2) is 18.1 Å². The van der Waals surface area contributed by atoms with Crippen molar-refractivity contribution in [2.24, 2.45) is 0 Å². The fourth-order valence-corrected chi connectivity index (χ4v) is 6.52. The van der Waals surface area contributed by atoms with Crippen molar-refractivity contribution in [3.8, 4) is 0 Å². The molecule has 35 heavy (non-hydrogen) atoms. The summed E-state index contributed by atoms with van der Waals surface area (Å²) in [4.78, 5) is 45.2. The van der Waals surface area contributed by atoms with E-state index in [0.717, 1.165) is 12.3 Å². The first-order chi connectivity index (χ1) is 16.1. The number of aromatic nitrogens is 2. The predicted octanol–water partition coefficient (Wildman–Crippen LogP) is -2.32. The van der Waals surface area contributed by atoms with E-state index in [1.54, 1.807) is 0 Å². The van der Waals surface area contributed by atoms with Crippen LogP contribution in [0.2, 0.25) is 0 Å². The van der Waals surface area contributed by atoms with Crippen LogP contribution in [-0.2, 0) is 39.2 Å². The lowest BCUT2D eigenvalue weighted by molar-refractivity contribution is -0.176. The Balaban J connectivity index is 1.67. The first-order valence-electron chi connectivity index (χ1n) is 9.83. The average Bonchev–Trinajstić information content (AvgIpc) is 3.13. The summed E-state index contributed by atoms with van der Waals surface area (Å²) >= 11 is 4.61. The van der Waals surface area contributed by atoms with Gasteiger partial charge in [0.25, 0.3) is 5.56 Å². The Kier molecular flexibility index (Phi) is 8.53. The standard InChI is InChI=1S/C15H23FN2O14P2S/c1-2-15(16)10(22)6(29-13(15)18-4-3-7(19)17-14(18)24)5-28-34(27,35)32-33(25,26)31-12-9(21)8(20)11(23)30-12/h3-4,6,8-13,20-23H,2,5H2,1H3,(H,25,26)(H,27,35)(H,17,19,24)/t6-,8?,9?,10-,11?,12?,13-,15-,34?/m1/s1. The van der Waals surface area contributed by atoms with E-state index in [4.69, 9.17) is 9.26 Å². The van der Waals surface area contributed by atoms with E-state index in [0.29, 0.717) is 4.57 Å². The number of phosphoric acid groups is 1. The highest BCUT2D eigenvalue weighted by Gasteiger charge is 2.57. The summed E-state index contributed by atoms with van der Waals surface area (Å²) in [5.74, 6) is 0. The van der Waals surface area contributed by atoms with Crippen LogP contribution in [0, 0.1) is 0 Å². The molecule has 0 radical (unpaired) electrons. The zero-order valence-electron chi connectivity index (χ0n) is 17.7. The van der Waals surface area contributed by atoms with Crippen LogP contribution in [0.3, 0.4) is 0 Å². The number of alkyl halides is 1. The van der Waals surface area contributed by atoms with Crippen molar-refractivity contribution in [2.45, 2.75) is 62.2 Å². The molecule has 20 heteroatoms. The molecule has 3 heterocycles. The molecule has 0 aromatic carbocycles. The number of hydrogen-bond acceptors (Lipinski definition) is 13. The number of aromatic amines is 1. The molecule has 3 rings (SSSR count). The summed E-state index contributed by atoms with van der Waals surface area (Å²) in [5, 5.41) is 38.7. The molecular formula is C15H23FN2O14P2S. The highest BCUT2D eigenvalue weighted by atomic mass is 32.5. The van der Waals surface area contributed by atoms with E-state index >= 15 is 4.39 Å². The first kappa shape index (κ1) is 28.6. The molecule has 0 saturated carbocycles. The van der Waals surface area contributed by atoms with Crippen LogP contribution in [0.1, 0.15) is 19.6 Å². The average molecular weight is 568 g/mol. The van der Waals surface area contributed by atoms with E-state index < -0.39 is 81.3 Å². The van der Waals surface area contributed by atoms with Gasteiger partial charge in [0, 0.05) is 12.3 Å². The van der Waals surface area contributed by atoms with Crippen LogP contribution < -0.4 is 11.2 Å². The number of hydrogen-bond donors (Lipinski definition) is 7. The van der Waals surface area contributed by atoms with E-state index in [2.05, 4.69) is 25.4 Å². The van der Waals surface area contributed by atoms with Crippen molar-refractivity contribution < 1.29 is 62.0 Å². The molecule has 1 aromatic heterocycles. The summed E-state index contributed by atoms with van der Waals surface area (Å²) in [7, 11) is -5.33. The fraction of sp³-hybridized carbons (Fsp3) is 0.733. The Bertz CT molecular complexity index is 1140. The molecule has 0 spiro atoms. The van der Waals surface area contributed by atoms with Gasteiger partial charge in [-0.3, -0.25) is 18.9 Å². The van der Waals surface area contributed by atoms with Crippen molar-refractivity contribution in [1.82, 2.24) is 9.55 Å². The Morgan fingerprint density at radius 2 is 1.89 bits per heavy atom. The number of nitrogens with one attached hydrogen (secondary N) is 1. The molecule has 200 valence electrons. The molecule has 0 aliphatic carbocycles. The van der Waals surface area contributed by atoms with Gasteiger partial charge in [0.15, 0.2) is 18.2 Å². The summed E-state index contributed by atoms with van der Waals surface area (Å²) in [6.45, 7) is -4.18. The monoisotopic (exact) mass is 568 g/mol. The number of phosphoric ester groups is 1. The van der Waals surface area contributed by atoms with Crippen molar-refractivity contribution in [2.75, 3.05) is 6.61 Å². The van der Waals surface area contributed by atoms with Gasteiger partial charge in [-0.1, -0.05) is 6.92 Å². The van der Waals surface area contributed by atoms with Crippen LogP contribution in [0.4, 0.5) is 4.39 Å². The first-order valence-corrected chi connectivity index (χ1v) is 13.9. The molecule has 7 N–H and O–H groups in total. The second-order valence-electron chi connectivity index (χ2n) is 7.57. The Morgan fingerprint density at radius 1 is 1.23 bits per heavy atom. The third-order valence-electron chi connectivity index (χ3n) is 5.24. The third-order valence-corrected chi connectivity index (χ3v) is 8.76. The number of H-pyrrole nitrogens is 1. The van der Waals surface area contributed by atoms with Crippen molar-refractivity contribution in [3.63, 3.8) is 0 Å². The SMILES string of the molecule is CC[C@@]1(F)[C@H](O)[C@@H](COP(O)(=S)OP(=O)(O)OC2OC(O)C(O)C2O)O[C@H]1n1ccc(=O)[nH]c1=O. The molecule has 2 saturated heterocycles. The number of ether oxygens (including phenoxy) is 2. The summed E-state index contributed by atoms with van der Waals surface area (Å²) in [6.07, 6.45) is -12.4. The lowest BCUT2D eigenvalue weighted by Crippen LogP contribution is -2.45. The van der Waals surface area contributed by atoms with Crippen LogP contribution in [0.25, 0.3) is 0 Å². The molecular weight excluding hydrogens is 545 g/mol. The highest BCUT2D eigenvalue weighted by molar-refractivity contribution is 8.08. The van der Waals surface area contributed by atoms with Crippen LogP contribution >= 0.6 is 14.5 Å². The van der Waals surface area contributed by atoms with Gasteiger partial charge in [0.05, 0.1) is 6.61 Å². The van der Waals surface area contributed by atoms with Gasteiger partial charge >= 0.3 is 20.2 Å². The fourth-order valence-electron chi connectivity index (χ4n) is 3.42. The molecule has 16 nitrogen and oxygen atoms in total. The minimum atomic E-state index is -5.33. The van der Waals surface area contributed by atoms with Gasteiger partial charge in [0.2, 0.25) is 6.29 Å². The predicted molar refractivity (Wildman–Crippen MR) is 113 cm³/mol. The molecule has 0 bridgehead atoms. The van der Waals surface area contributed by atoms with Crippen molar-refractivity contribution in [3.05, 3.63) is 33.1 Å². The summed E-state index contributed by atoms with van der Waals surface area (Å²) in [6, 6.07) is 0.931. The maximum atomic E-state index is 15.6. The van der Waals surface area contributed by atoms with Crippen LogP contribution in [-0.4, -0.2) is 89.0 Å². The topological polar surface area (TPSA) is 239 Å². The van der Waals surface area contributed by atoms with E-state index in [-0.39, 0.29) is 6.42 Å². The lowest BCUT2D eigenvalue weighted by Gasteiger charge is -2.27. The van der Waals surface area contributed by atoms with Crippen molar-refractivity contribution >= 4 is 26.3 Å². The molecule has 10 atom stereocenters. The molecule has 2 fully saturated rings. The molecule has 0 amide bonds. The third kappa shape index (κ3) is 6.14. The Hall–Kier alpha value is -0.950. The summed E-state index contributed by atoms with van der Waals surface area (Å²) < 4.78 is 52.0. The molecule has 2 aliphatic rings.